The maximum Gasteiger partial charge on any atom is 0.231 e. The van der Waals surface area contributed by atoms with Gasteiger partial charge in [0.05, 0.1) is 24.5 Å². The van der Waals surface area contributed by atoms with Crippen LogP contribution in [0, 0.1) is 0 Å². The summed E-state index contributed by atoms with van der Waals surface area (Å²) in [7, 11) is 1.66. The minimum atomic E-state index is -0.0773. The number of aromatic nitrogens is 1. The van der Waals surface area contributed by atoms with Gasteiger partial charge in [0.25, 0.3) is 0 Å². The Bertz CT molecular complexity index is 1850. The van der Waals surface area contributed by atoms with E-state index in [-0.39, 0.29) is 13.4 Å². The monoisotopic (exact) mass is 514 g/mol. The maximum atomic E-state index is 9.97. The van der Waals surface area contributed by atoms with Gasteiger partial charge in [-0.25, -0.2) is 0 Å². The van der Waals surface area contributed by atoms with Gasteiger partial charge in [-0.1, -0.05) is 66.7 Å². The number of aliphatic hydroxyl groups is 1. The Labute approximate surface area is 226 Å². The van der Waals surface area contributed by atoms with Crippen molar-refractivity contribution in [2.45, 2.75) is 19.4 Å². The lowest BCUT2D eigenvalue weighted by Crippen LogP contribution is -2.23. The van der Waals surface area contributed by atoms with Gasteiger partial charge in [0.2, 0.25) is 12.3 Å². The zero-order chi connectivity index (χ0) is 26.3. The molecule has 0 atom stereocenters. The van der Waals surface area contributed by atoms with Crippen LogP contribution in [-0.2, 0) is 19.4 Å². The Kier molecular flexibility index (Phi) is 5.79. The molecule has 3 heterocycles. The molecule has 0 spiro atoms. The summed E-state index contributed by atoms with van der Waals surface area (Å²) in [5.41, 5.74) is 6.86. The molecule has 7 rings (SSSR count). The van der Waals surface area contributed by atoms with E-state index in [1.54, 1.807) is 7.11 Å². The number of rotatable bonds is 6. The van der Waals surface area contributed by atoms with Crippen molar-refractivity contribution < 1.29 is 23.7 Å². The van der Waals surface area contributed by atoms with E-state index in [2.05, 4.69) is 83.5 Å². The van der Waals surface area contributed by atoms with Crippen molar-refractivity contribution in [3.05, 3.63) is 114 Å². The molecule has 0 bridgehead atoms. The predicted octanol–water partition coefficient (Wildman–Crippen LogP) is 6.41. The fourth-order valence-electron chi connectivity index (χ4n) is 5.85. The average molecular weight is 515 g/mol. The molecular formula is C34H28NO4+. The van der Waals surface area contributed by atoms with Gasteiger partial charge in [0.15, 0.2) is 23.9 Å². The van der Waals surface area contributed by atoms with Crippen molar-refractivity contribution in [3.63, 3.8) is 0 Å². The molecule has 6 aromatic rings. The van der Waals surface area contributed by atoms with Crippen LogP contribution in [0.3, 0.4) is 0 Å². The number of methoxy groups -OCH3 is 1. The highest BCUT2D eigenvalue weighted by molar-refractivity contribution is 6.04. The molecule has 0 aliphatic carbocycles. The first-order chi connectivity index (χ1) is 19.2. The second kappa shape index (κ2) is 9.61. The smallest absolute Gasteiger partial charge is 0.231 e. The van der Waals surface area contributed by atoms with Crippen LogP contribution >= 0.6 is 0 Å². The number of aliphatic hydroxyl groups excluding tert-OH is 1. The summed E-state index contributed by atoms with van der Waals surface area (Å²) in [6.07, 6.45) is 5.89. The third-order valence-corrected chi connectivity index (χ3v) is 7.75. The number of hydrogen-bond acceptors (Lipinski definition) is 4. The molecule has 0 radical (unpaired) electrons. The molecule has 5 nitrogen and oxygen atoms in total. The average Bonchev–Trinajstić information content (AvgIpc) is 3.48. The van der Waals surface area contributed by atoms with Crippen LogP contribution < -0.4 is 18.6 Å². The van der Waals surface area contributed by atoms with E-state index in [0.717, 1.165) is 57.0 Å². The number of nitrogens with zero attached hydrogens (tertiary/aromatic N) is 1. The zero-order valence-corrected chi connectivity index (χ0v) is 21.7. The molecule has 0 saturated heterocycles. The Morgan fingerprint density at radius 1 is 0.769 bits per heavy atom. The number of ether oxygens (including phenoxy) is 3. The van der Waals surface area contributed by atoms with Crippen LogP contribution in [0.25, 0.3) is 38.2 Å². The normalized spacial score (nSPS) is 12.5. The molecule has 1 N–H and O–H groups in total. The highest BCUT2D eigenvalue weighted by Crippen LogP contribution is 2.41. The first-order valence-corrected chi connectivity index (χ1v) is 13.2. The second-order valence-electron chi connectivity index (χ2n) is 9.88. The maximum absolute atomic E-state index is 9.97. The van der Waals surface area contributed by atoms with E-state index in [1.165, 1.54) is 22.3 Å². The molecular weight excluding hydrogens is 486 g/mol. The van der Waals surface area contributed by atoms with Gasteiger partial charge < -0.3 is 19.3 Å². The van der Waals surface area contributed by atoms with E-state index in [0.29, 0.717) is 5.75 Å². The molecule has 5 heteroatoms. The van der Waals surface area contributed by atoms with Crippen LogP contribution in [-0.4, -0.2) is 19.0 Å². The summed E-state index contributed by atoms with van der Waals surface area (Å²) in [6.45, 7) is 0.163. The highest BCUT2D eigenvalue weighted by Gasteiger charge is 2.25. The van der Waals surface area contributed by atoms with E-state index in [9.17, 15) is 5.11 Å². The molecule has 1 aliphatic heterocycles. The first-order valence-electron chi connectivity index (χ1n) is 13.2. The lowest BCUT2D eigenvalue weighted by Gasteiger charge is -2.14. The Hall–Kier alpha value is -4.61. The molecule has 192 valence electrons. The van der Waals surface area contributed by atoms with E-state index in [1.807, 2.05) is 18.2 Å². The molecule has 2 aromatic heterocycles. The molecule has 0 fully saturated rings. The molecule has 1 aliphatic rings. The van der Waals surface area contributed by atoms with E-state index >= 15 is 0 Å². The summed E-state index contributed by atoms with van der Waals surface area (Å²) < 4.78 is 19.5. The van der Waals surface area contributed by atoms with Crippen LogP contribution in [0.5, 0.6) is 17.2 Å². The third kappa shape index (κ3) is 3.94. The molecule has 0 amide bonds. The van der Waals surface area contributed by atoms with E-state index < -0.39 is 0 Å². The van der Waals surface area contributed by atoms with Crippen LogP contribution in [0.1, 0.15) is 16.7 Å². The van der Waals surface area contributed by atoms with Gasteiger partial charge >= 0.3 is 0 Å². The minimum absolute atomic E-state index is 0.0773. The summed E-state index contributed by atoms with van der Waals surface area (Å²) in [5, 5.41) is 14.2. The van der Waals surface area contributed by atoms with Gasteiger partial charge in [-0.2, -0.15) is 4.40 Å². The van der Waals surface area contributed by atoms with Crippen molar-refractivity contribution >= 4 is 27.1 Å². The zero-order valence-electron chi connectivity index (χ0n) is 21.7. The molecule has 39 heavy (non-hydrogen) atoms. The second-order valence-corrected chi connectivity index (χ2v) is 9.88. The van der Waals surface area contributed by atoms with E-state index in [4.69, 9.17) is 14.2 Å². The van der Waals surface area contributed by atoms with Gasteiger partial charge in [-0.05, 0) is 41.7 Å². The van der Waals surface area contributed by atoms with Crippen molar-refractivity contribution in [1.82, 2.24) is 0 Å². The Morgan fingerprint density at radius 3 is 2.36 bits per heavy atom. The highest BCUT2D eigenvalue weighted by atomic mass is 16.7. The fourth-order valence-corrected chi connectivity index (χ4v) is 5.85. The predicted molar refractivity (Wildman–Crippen MR) is 152 cm³/mol. The lowest BCUT2D eigenvalue weighted by atomic mass is 9.94. The SMILES string of the molecule is COc1c(CO)ccc2c(CCc3ccc(-c4ccccc4)cc3)c3c4ccc5c(c4cc[n+]3cc12)OCO5. The fraction of sp³-hybridized carbons (Fsp3) is 0.147. The minimum Gasteiger partial charge on any atom is -0.495 e. The van der Waals surface area contributed by atoms with Gasteiger partial charge in [-0.3, -0.25) is 0 Å². The third-order valence-electron chi connectivity index (χ3n) is 7.75. The summed E-state index contributed by atoms with van der Waals surface area (Å²) in [4.78, 5) is 0. The van der Waals surface area contributed by atoms with Crippen LogP contribution in [0.2, 0.25) is 0 Å². The Morgan fingerprint density at radius 2 is 1.56 bits per heavy atom. The number of benzene rings is 4. The largest absolute Gasteiger partial charge is 0.495 e. The topological polar surface area (TPSA) is 52.0 Å². The quantitative estimate of drug-likeness (QED) is 0.158. The summed E-state index contributed by atoms with van der Waals surface area (Å²) in [5.74, 6) is 2.29. The number of hydrogen-bond donors (Lipinski definition) is 1. The number of pyridine rings is 2. The summed E-state index contributed by atoms with van der Waals surface area (Å²) in [6, 6.07) is 29.6. The van der Waals surface area contributed by atoms with Crippen molar-refractivity contribution in [3.8, 4) is 28.4 Å². The summed E-state index contributed by atoms with van der Waals surface area (Å²) >= 11 is 0. The lowest BCUT2D eigenvalue weighted by molar-refractivity contribution is -0.509. The standard InChI is InChI=1S/C34H28NO4/c1-37-33-25(20-36)12-14-26-27(13-9-22-7-10-24(11-8-22)23-5-3-2-4-6-23)32-28-15-16-31-34(39-21-38-31)29(28)17-18-35(32)19-30(26)33/h2-8,10-12,14-19,36H,9,13,20-21H2,1H3/q+1. The van der Waals surface area contributed by atoms with Gasteiger partial charge in [0, 0.05) is 28.0 Å². The number of fused-ring (bicyclic) bond motifs is 6. The number of aryl methyl sites for hydroxylation is 2. The van der Waals surface area contributed by atoms with Gasteiger partial charge in [0.1, 0.15) is 5.75 Å². The molecule has 0 unspecified atom stereocenters. The van der Waals surface area contributed by atoms with Crippen molar-refractivity contribution in [2.24, 2.45) is 0 Å². The van der Waals surface area contributed by atoms with Gasteiger partial charge in [-0.15, -0.1) is 0 Å². The first kappa shape index (κ1) is 23.5. The molecule has 0 saturated carbocycles. The Balaban J connectivity index is 1.39. The molecule has 4 aromatic carbocycles. The van der Waals surface area contributed by atoms with Crippen molar-refractivity contribution in [2.75, 3.05) is 13.9 Å². The van der Waals surface area contributed by atoms with Crippen LogP contribution in [0.4, 0.5) is 0 Å². The van der Waals surface area contributed by atoms with Crippen LogP contribution in [0.15, 0.2) is 97.3 Å². The van der Waals surface area contributed by atoms with Crippen molar-refractivity contribution in [1.29, 1.82) is 0 Å².